The molecule has 1 aromatic heterocycles. The third-order valence-electron chi connectivity index (χ3n) is 2.37. The number of hydrogen-bond donors (Lipinski definition) is 1. The SMILES string of the molecule is Cc1cc(C)cc(NC(=O)c2snnc2CF)c1. The minimum absolute atomic E-state index is 0.0851. The van der Waals surface area contributed by atoms with Crippen LogP contribution in [0.4, 0.5) is 10.1 Å². The third kappa shape index (κ3) is 2.70. The van der Waals surface area contributed by atoms with E-state index >= 15 is 0 Å². The molecule has 0 saturated heterocycles. The number of rotatable bonds is 3. The van der Waals surface area contributed by atoms with Gasteiger partial charge in [0.05, 0.1) is 0 Å². The van der Waals surface area contributed by atoms with E-state index in [9.17, 15) is 9.18 Å². The molecule has 0 radical (unpaired) electrons. The molecule has 0 saturated carbocycles. The van der Waals surface area contributed by atoms with Gasteiger partial charge in [0.2, 0.25) is 0 Å². The molecule has 6 heteroatoms. The van der Waals surface area contributed by atoms with E-state index in [2.05, 4.69) is 14.9 Å². The summed E-state index contributed by atoms with van der Waals surface area (Å²) in [6.07, 6.45) is 0. The van der Waals surface area contributed by atoms with Crippen LogP contribution in [0.15, 0.2) is 18.2 Å². The van der Waals surface area contributed by atoms with E-state index < -0.39 is 6.67 Å². The molecule has 1 aromatic carbocycles. The summed E-state index contributed by atoms with van der Waals surface area (Å²) in [7, 11) is 0. The highest BCUT2D eigenvalue weighted by atomic mass is 32.1. The van der Waals surface area contributed by atoms with Crippen molar-refractivity contribution in [2.75, 3.05) is 5.32 Å². The van der Waals surface area contributed by atoms with E-state index in [0.29, 0.717) is 5.69 Å². The number of amides is 1. The molecule has 0 aliphatic rings. The Kier molecular flexibility index (Phi) is 3.66. The van der Waals surface area contributed by atoms with Gasteiger partial charge in [0.25, 0.3) is 5.91 Å². The van der Waals surface area contributed by atoms with E-state index in [0.717, 1.165) is 22.7 Å². The number of nitrogens with one attached hydrogen (secondary N) is 1. The van der Waals surface area contributed by atoms with Crippen LogP contribution >= 0.6 is 11.5 Å². The topological polar surface area (TPSA) is 54.9 Å². The number of halogens is 1. The van der Waals surface area contributed by atoms with Crippen molar-refractivity contribution in [3.8, 4) is 0 Å². The molecule has 2 rings (SSSR count). The van der Waals surface area contributed by atoms with E-state index in [1.807, 2.05) is 32.0 Å². The monoisotopic (exact) mass is 265 g/mol. The fraction of sp³-hybridized carbons (Fsp3) is 0.250. The van der Waals surface area contributed by atoms with Crippen LogP contribution in [0.25, 0.3) is 0 Å². The Balaban J connectivity index is 2.21. The lowest BCUT2D eigenvalue weighted by Gasteiger charge is -2.06. The van der Waals surface area contributed by atoms with Gasteiger partial charge in [-0.2, -0.15) is 0 Å². The first kappa shape index (κ1) is 12.6. The van der Waals surface area contributed by atoms with E-state index in [4.69, 9.17) is 0 Å². The van der Waals surface area contributed by atoms with Crippen molar-refractivity contribution in [3.05, 3.63) is 39.9 Å². The molecule has 0 atom stereocenters. The zero-order valence-corrected chi connectivity index (χ0v) is 10.8. The smallest absolute Gasteiger partial charge is 0.269 e. The minimum atomic E-state index is -0.786. The Bertz CT molecular complexity index is 562. The number of aromatic nitrogens is 2. The van der Waals surface area contributed by atoms with Crippen molar-refractivity contribution in [3.63, 3.8) is 0 Å². The highest BCUT2D eigenvalue weighted by Gasteiger charge is 2.16. The van der Waals surface area contributed by atoms with Crippen molar-refractivity contribution in [2.45, 2.75) is 20.5 Å². The van der Waals surface area contributed by atoms with Crippen LogP contribution in [0.2, 0.25) is 0 Å². The molecule has 0 fully saturated rings. The van der Waals surface area contributed by atoms with Crippen LogP contribution < -0.4 is 5.32 Å². The van der Waals surface area contributed by atoms with Crippen molar-refractivity contribution in [1.29, 1.82) is 0 Å². The lowest BCUT2D eigenvalue weighted by molar-refractivity contribution is 0.102. The first-order valence-corrected chi connectivity index (χ1v) is 6.14. The molecule has 0 aliphatic heterocycles. The van der Waals surface area contributed by atoms with Crippen LogP contribution in [0, 0.1) is 13.8 Å². The van der Waals surface area contributed by atoms with Crippen molar-refractivity contribution in [1.82, 2.24) is 9.59 Å². The molecule has 0 spiro atoms. The Morgan fingerprint density at radius 1 is 1.33 bits per heavy atom. The summed E-state index contributed by atoms with van der Waals surface area (Å²) in [6.45, 7) is 3.11. The summed E-state index contributed by atoms with van der Waals surface area (Å²) < 4.78 is 16.2. The standard InChI is InChI=1S/C12H12FN3OS/c1-7-3-8(2)5-9(4-7)14-12(17)11-10(6-13)15-16-18-11/h3-5H,6H2,1-2H3,(H,14,17). The summed E-state index contributed by atoms with van der Waals surface area (Å²) in [4.78, 5) is 12.1. The Hall–Kier alpha value is -1.82. The van der Waals surface area contributed by atoms with Gasteiger partial charge in [-0.05, 0) is 48.6 Å². The van der Waals surface area contributed by atoms with Gasteiger partial charge in [-0.1, -0.05) is 10.6 Å². The van der Waals surface area contributed by atoms with E-state index in [-0.39, 0.29) is 16.5 Å². The van der Waals surface area contributed by atoms with Gasteiger partial charge in [-0.15, -0.1) is 5.10 Å². The molecule has 94 valence electrons. The summed E-state index contributed by atoms with van der Waals surface area (Å²) in [5.74, 6) is -0.373. The number of alkyl halides is 1. The lowest BCUT2D eigenvalue weighted by Crippen LogP contribution is -2.12. The maximum Gasteiger partial charge on any atom is 0.269 e. The summed E-state index contributed by atoms with van der Waals surface area (Å²) in [5.41, 5.74) is 2.88. The van der Waals surface area contributed by atoms with Crippen molar-refractivity contribution < 1.29 is 9.18 Å². The van der Waals surface area contributed by atoms with Gasteiger partial charge in [-0.25, -0.2) is 4.39 Å². The van der Waals surface area contributed by atoms with Crippen molar-refractivity contribution in [2.24, 2.45) is 0 Å². The molecular formula is C12H12FN3OS. The number of benzene rings is 1. The zero-order valence-electron chi connectivity index (χ0n) is 10.0. The zero-order chi connectivity index (χ0) is 13.1. The van der Waals surface area contributed by atoms with Gasteiger partial charge in [0.1, 0.15) is 17.2 Å². The Labute approximate surface area is 108 Å². The highest BCUT2D eigenvalue weighted by Crippen LogP contribution is 2.17. The van der Waals surface area contributed by atoms with Crippen LogP contribution in [0.1, 0.15) is 26.5 Å². The predicted octanol–water partition coefficient (Wildman–Crippen LogP) is 2.88. The number of anilines is 1. The van der Waals surface area contributed by atoms with Crippen LogP contribution in [-0.4, -0.2) is 15.5 Å². The third-order valence-corrected chi connectivity index (χ3v) is 3.14. The quantitative estimate of drug-likeness (QED) is 0.928. The molecule has 1 amide bonds. The van der Waals surface area contributed by atoms with Gasteiger partial charge in [0, 0.05) is 5.69 Å². The minimum Gasteiger partial charge on any atom is -0.321 e. The number of carbonyl (C=O) groups is 1. The molecule has 0 unspecified atom stereocenters. The number of hydrogen-bond acceptors (Lipinski definition) is 4. The van der Waals surface area contributed by atoms with Crippen LogP contribution in [0.3, 0.4) is 0 Å². The molecule has 18 heavy (non-hydrogen) atoms. The first-order chi connectivity index (χ1) is 8.60. The largest absolute Gasteiger partial charge is 0.321 e. The highest BCUT2D eigenvalue weighted by molar-refractivity contribution is 7.08. The average molecular weight is 265 g/mol. The summed E-state index contributed by atoms with van der Waals surface area (Å²) in [6, 6.07) is 5.72. The molecule has 1 N–H and O–H groups in total. The second kappa shape index (κ2) is 5.22. The summed E-state index contributed by atoms with van der Waals surface area (Å²) >= 11 is 0.897. The lowest BCUT2D eigenvalue weighted by atomic mass is 10.1. The predicted molar refractivity (Wildman–Crippen MR) is 68.6 cm³/mol. The first-order valence-electron chi connectivity index (χ1n) is 5.37. The van der Waals surface area contributed by atoms with Gasteiger partial charge in [0.15, 0.2) is 0 Å². The van der Waals surface area contributed by atoms with Gasteiger partial charge in [-0.3, -0.25) is 4.79 Å². The Morgan fingerprint density at radius 3 is 2.61 bits per heavy atom. The van der Waals surface area contributed by atoms with Gasteiger partial charge >= 0.3 is 0 Å². The van der Waals surface area contributed by atoms with Crippen molar-refractivity contribution >= 4 is 23.1 Å². The molecule has 2 aromatic rings. The fourth-order valence-corrected chi connectivity index (χ4v) is 2.26. The normalized spacial score (nSPS) is 10.4. The van der Waals surface area contributed by atoms with Crippen LogP contribution in [-0.2, 0) is 6.67 Å². The molecule has 0 aliphatic carbocycles. The molecular weight excluding hydrogens is 253 g/mol. The van der Waals surface area contributed by atoms with Gasteiger partial charge < -0.3 is 5.32 Å². The molecule has 0 bridgehead atoms. The second-order valence-electron chi connectivity index (χ2n) is 4.01. The number of aryl methyl sites for hydroxylation is 2. The number of nitrogens with zero attached hydrogens (tertiary/aromatic N) is 2. The fourth-order valence-electron chi connectivity index (χ4n) is 1.70. The van der Waals surface area contributed by atoms with E-state index in [1.165, 1.54) is 0 Å². The number of carbonyl (C=O) groups excluding carboxylic acids is 1. The summed E-state index contributed by atoms with van der Waals surface area (Å²) in [5, 5.41) is 6.29. The maximum absolute atomic E-state index is 12.6. The maximum atomic E-state index is 12.6. The second-order valence-corrected chi connectivity index (χ2v) is 4.77. The Morgan fingerprint density at radius 2 is 2.00 bits per heavy atom. The van der Waals surface area contributed by atoms with E-state index in [1.54, 1.807) is 0 Å². The molecule has 4 nitrogen and oxygen atoms in total. The van der Waals surface area contributed by atoms with Crippen LogP contribution in [0.5, 0.6) is 0 Å². The average Bonchev–Trinajstić information content (AvgIpc) is 2.75. The molecule has 1 heterocycles.